The van der Waals surface area contributed by atoms with Crippen molar-refractivity contribution in [3.05, 3.63) is 53.1 Å². The summed E-state index contributed by atoms with van der Waals surface area (Å²) in [7, 11) is 1.99. The molecule has 7 atom stereocenters. The van der Waals surface area contributed by atoms with Gasteiger partial charge in [0.15, 0.2) is 0 Å². The van der Waals surface area contributed by atoms with Gasteiger partial charge in [-0.1, -0.05) is 65.9 Å². The summed E-state index contributed by atoms with van der Waals surface area (Å²) in [5, 5.41) is 20.2. The molecule has 3 saturated carbocycles. The largest absolute Gasteiger partial charge is 0.385 e. The van der Waals surface area contributed by atoms with Crippen LogP contribution in [0.15, 0.2) is 30.6 Å². The molecule has 7 N–H and O–H groups in total. The Balaban J connectivity index is 0.814. The van der Waals surface area contributed by atoms with Crippen LogP contribution in [-0.4, -0.2) is 160 Å². The number of anilines is 1. The fourth-order valence-electron chi connectivity index (χ4n) is 12.1. The number of carbonyl (C=O) groups is 10. The van der Waals surface area contributed by atoms with Crippen molar-refractivity contribution in [3.8, 4) is 0 Å². The van der Waals surface area contributed by atoms with Crippen molar-refractivity contribution in [2.75, 3.05) is 45.1 Å². The third-order valence-electron chi connectivity index (χ3n) is 16.6. The summed E-state index contributed by atoms with van der Waals surface area (Å²) in [6.45, 7) is 10.5. The zero-order chi connectivity index (χ0) is 56.5. The average Bonchev–Trinajstić information content (AvgIpc) is 3.92. The van der Waals surface area contributed by atoms with Gasteiger partial charge in [-0.15, -0.1) is 0 Å². The summed E-state index contributed by atoms with van der Waals surface area (Å²) >= 11 is 0. The van der Waals surface area contributed by atoms with Crippen LogP contribution in [0.25, 0.3) is 0 Å². The Labute approximate surface area is 462 Å². The van der Waals surface area contributed by atoms with Crippen LogP contribution in [-0.2, 0) is 40.1 Å². The van der Waals surface area contributed by atoms with Crippen LogP contribution >= 0.6 is 0 Å². The standard InChI is InChI=1S/C57H80N12O10/c1-6-14-40(47(71)54(77)62-35-21-22-35)63-53(76)46-36-18-10-17-34(36)31-69(46)56(79)48(57(2,3)4)66-52(75)45(33-15-8-7-9-16-33)65-50(73)42-30-60-41(29-61-42)49(72)59-26-13-28-67(5)27-12-25-58-39-20-11-19-37-38(39)32-68(55(37)78)43-23-24-44(70)64-51(43)74/h11,19-20,29-30,33-36,40,43,45-46,48,58H,6-10,12-18,21-28,31-32H2,1-5H3,(H,59,72)(H,62,77)(H,63,76)(H,65,73)(H,66,75)(H,64,70,74)/t34-,36?,40-,43?,45-,46-,48+/m0/s1. The Kier molecular flexibility index (Phi) is 19.2. The highest BCUT2D eigenvalue weighted by Gasteiger charge is 2.53. The quantitative estimate of drug-likeness (QED) is 0.0452. The van der Waals surface area contributed by atoms with E-state index in [9.17, 15) is 47.9 Å². The first-order valence-corrected chi connectivity index (χ1v) is 28.7. The molecular formula is C57H80N12O10. The van der Waals surface area contributed by atoms with E-state index < -0.39 is 82.8 Å². The van der Waals surface area contributed by atoms with E-state index in [1.165, 1.54) is 17.3 Å². The van der Waals surface area contributed by atoms with E-state index >= 15 is 0 Å². The molecule has 0 radical (unpaired) electrons. The molecule has 9 amide bonds. The molecule has 2 unspecified atom stereocenters. The number of hydrogen-bond acceptors (Lipinski definition) is 14. The minimum atomic E-state index is -1.09. The second-order valence-corrected chi connectivity index (χ2v) is 23.6. The molecule has 428 valence electrons. The molecule has 22 heteroatoms. The maximum atomic E-state index is 14.9. The first kappa shape index (κ1) is 58.3. The van der Waals surface area contributed by atoms with Gasteiger partial charge in [-0.2, -0.15) is 0 Å². The van der Waals surface area contributed by atoms with E-state index in [4.69, 9.17) is 0 Å². The van der Waals surface area contributed by atoms with Gasteiger partial charge in [0.2, 0.25) is 35.3 Å². The van der Waals surface area contributed by atoms with Crippen molar-refractivity contribution in [3.63, 3.8) is 0 Å². The van der Waals surface area contributed by atoms with E-state index in [1.807, 2.05) is 46.9 Å². The number of likely N-dealkylation sites (tertiary alicyclic amines) is 1. The molecule has 2 aromatic rings. The van der Waals surface area contributed by atoms with Gasteiger partial charge < -0.3 is 46.6 Å². The van der Waals surface area contributed by atoms with Crippen molar-refractivity contribution >= 4 is 64.6 Å². The molecule has 2 saturated heterocycles. The molecule has 3 aliphatic carbocycles. The number of fused-ring (bicyclic) bond motifs is 2. The van der Waals surface area contributed by atoms with Crippen LogP contribution in [0.3, 0.4) is 0 Å². The number of nitrogens with one attached hydrogen (secondary N) is 7. The van der Waals surface area contributed by atoms with Gasteiger partial charge in [-0.25, -0.2) is 9.97 Å². The lowest BCUT2D eigenvalue weighted by Crippen LogP contribution is -2.62. The maximum Gasteiger partial charge on any atom is 0.289 e. The second kappa shape index (κ2) is 26.0. The van der Waals surface area contributed by atoms with Gasteiger partial charge in [0.25, 0.3) is 23.6 Å². The fraction of sp³-hybridized carbons (Fsp3) is 0.649. The number of imide groups is 1. The number of rotatable bonds is 24. The van der Waals surface area contributed by atoms with Crippen LogP contribution in [0.2, 0.25) is 0 Å². The van der Waals surface area contributed by atoms with Crippen molar-refractivity contribution < 1.29 is 47.9 Å². The summed E-state index contributed by atoms with van der Waals surface area (Å²) < 4.78 is 0. The molecule has 6 aliphatic rings. The highest BCUT2D eigenvalue weighted by atomic mass is 16.2. The number of aromatic nitrogens is 2. The van der Waals surface area contributed by atoms with Crippen LogP contribution < -0.4 is 37.2 Å². The Hall–Kier alpha value is -6.84. The lowest BCUT2D eigenvalue weighted by molar-refractivity contribution is -0.146. The van der Waals surface area contributed by atoms with E-state index in [-0.39, 0.29) is 66.4 Å². The fourth-order valence-corrected chi connectivity index (χ4v) is 12.1. The normalized spacial score (nSPS) is 22.3. The molecule has 1 aromatic carbocycles. The van der Waals surface area contributed by atoms with E-state index in [2.05, 4.69) is 52.1 Å². The monoisotopic (exact) mass is 1090 g/mol. The number of Topliss-reactive ketones (excluding diaryl/α,β-unsaturated/α-hetero) is 1. The molecule has 8 rings (SSSR count). The Morgan fingerprint density at radius 1 is 0.823 bits per heavy atom. The summed E-state index contributed by atoms with van der Waals surface area (Å²) in [5.74, 6) is -5.29. The number of piperidine rings is 1. The lowest BCUT2D eigenvalue weighted by atomic mass is 9.82. The topological polar surface area (TPSA) is 290 Å². The molecular weight excluding hydrogens is 1010 g/mol. The van der Waals surface area contributed by atoms with Crippen LogP contribution in [0.4, 0.5) is 5.69 Å². The van der Waals surface area contributed by atoms with Gasteiger partial charge in [0, 0.05) is 55.5 Å². The molecule has 3 aliphatic heterocycles. The number of benzene rings is 1. The Morgan fingerprint density at radius 3 is 2.20 bits per heavy atom. The van der Waals surface area contributed by atoms with Crippen molar-refractivity contribution in [2.24, 2.45) is 23.2 Å². The first-order chi connectivity index (χ1) is 37.8. The van der Waals surface area contributed by atoms with Crippen LogP contribution in [0, 0.1) is 23.2 Å². The Morgan fingerprint density at radius 2 is 1.53 bits per heavy atom. The van der Waals surface area contributed by atoms with Gasteiger partial charge in [-0.3, -0.25) is 53.3 Å². The molecule has 0 bridgehead atoms. The SMILES string of the molecule is CCC[C@H](NC(=O)[C@@H]1C2CCC[C@H]2CN1C(=O)[C@@H](NC(=O)[C@@H](NC(=O)c1cnc(C(=O)NCCCN(C)CCCNc2cccc3c2CN(C2CCC(=O)NC2=O)C3=O)cn1)C1CCCCC1)C(C)(C)C)C(=O)C(=O)NC1CC1. The highest BCUT2D eigenvalue weighted by molar-refractivity contribution is 6.38. The zero-order valence-electron chi connectivity index (χ0n) is 46.5. The minimum Gasteiger partial charge on any atom is -0.385 e. The predicted molar refractivity (Wildman–Crippen MR) is 291 cm³/mol. The van der Waals surface area contributed by atoms with Crippen LogP contribution in [0.1, 0.15) is 167 Å². The maximum absolute atomic E-state index is 14.9. The van der Waals surface area contributed by atoms with E-state index in [1.54, 1.807) is 11.0 Å². The number of carbonyl (C=O) groups excluding carboxylic acids is 10. The zero-order valence-corrected chi connectivity index (χ0v) is 46.5. The molecule has 22 nitrogen and oxygen atoms in total. The third kappa shape index (κ3) is 14.3. The van der Waals surface area contributed by atoms with Crippen molar-refractivity contribution in [1.29, 1.82) is 0 Å². The number of amides is 9. The van der Waals surface area contributed by atoms with Crippen molar-refractivity contribution in [2.45, 2.75) is 173 Å². The highest BCUT2D eigenvalue weighted by Crippen LogP contribution is 2.43. The third-order valence-corrected chi connectivity index (χ3v) is 16.6. The Bertz CT molecular complexity index is 2630. The number of ketones is 1. The average molecular weight is 1090 g/mol. The predicted octanol–water partition coefficient (Wildman–Crippen LogP) is 2.76. The van der Waals surface area contributed by atoms with Crippen LogP contribution in [0.5, 0.6) is 0 Å². The van der Waals surface area contributed by atoms with Gasteiger partial charge in [0.05, 0.1) is 18.4 Å². The summed E-state index contributed by atoms with van der Waals surface area (Å²) in [4.78, 5) is 148. The summed E-state index contributed by atoms with van der Waals surface area (Å²) in [6.07, 6.45) is 13.3. The second-order valence-electron chi connectivity index (χ2n) is 23.6. The van der Waals surface area contributed by atoms with Gasteiger partial charge in [0.1, 0.15) is 35.6 Å². The minimum absolute atomic E-state index is 0.0167. The van der Waals surface area contributed by atoms with Gasteiger partial charge in [-0.05, 0) is 120 Å². The summed E-state index contributed by atoms with van der Waals surface area (Å²) in [6, 6.07) is 0.741. The van der Waals surface area contributed by atoms with Gasteiger partial charge >= 0.3 is 0 Å². The molecule has 5 fully saturated rings. The molecule has 1 aromatic heterocycles. The molecule has 79 heavy (non-hydrogen) atoms. The summed E-state index contributed by atoms with van der Waals surface area (Å²) in [5.41, 5.74) is 1.32. The number of nitrogens with zero attached hydrogens (tertiary/aromatic N) is 5. The first-order valence-electron chi connectivity index (χ1n) is 28.7. The molecule has 0 spiro atoms. The smallest absolute Gasteiger partial charge is 0.289 e. The van der Waals surface area contributed by atoms with E-state index in [0.29, 0.717) is 63.8 Å². The van der Waals surface area contributed by atoms with Crippen molar-refractivity contribution in [1.82, 2.24) is 56.6 Å². The number of hydrogen-bond donors (Lipinski definition) is 7. The van der Waals surface area contributed by atoms with E-state index in [0.717, 1.165) is 75.6 Å². The molecule has 4 heterocycles. The lowest BCUT2D eigenvalue weighted by Gasteiger charge is -2.38.